The van der Waals surface area contributed by atoms with Gasteiger partial charge in [0.2, 0.25) is 0 Å². The third-order valence-electron chi connectivity index (χ3n) is 4.20. The molecule has 3 aromatic rings. The van der Waals surface area contributed by atoms with Gasteiger partial charge >= 0.3 is 0 Å². The summed E-state index contributed by atoms with van der Waals surface area (Å²) in [4.78, 5) is 8.04. The Balaban J connectivity index is 1.74. The first-order valence-electron chi connectivity index (χ1n) is 9.24. The van der Waals surface area contributed by atoms with Crippen LogP contribution in [0.5, 0.6) is 0 Å². The van der Waals surface area contributed by atoms with Crippen molar-refractivity contribution in [3.63, 3.8) is 0 Å². The van der Waals surface area contributed by atoms with Gasteiger partial charge in [-0.15, -0.1) is 0 Å². The Morgan fingerprint density at radius 2 is 1.37 bits per heavy atom. The fourth-order valence-electron chi connectivity index (χ4n) is 2.75. The largest absolute Gasteiger partial charge is 0.280 e. The topological polar surface area (TPSA) is 118 Å². The average Bonchev–Trinajstić information content (AvgIpc) is 2.68. The molecule has 0 bridgehead atoms. The Bertz CT molecular complexity index is 1220. The van der Waals surface area contributed by atoms with Gasteiger partial charge in [0.25, 0.3) is 20.0 Å². The van der Waals surface area contributed by atoms with Gasteiger partial charge in [-0.1, -0.05) is 25.5 Å². The third kappa shape index (κ3) is 5.33. The SMILES string of the molecule is CCCc1ccc(S(=O)(=O)Nc2ccc(S(=O)(=O)Nc3ccnc(C)n3)cc2)cc1. The van der Waals surface area contributed by atoms with Crippen LogP contribution < -0.4 is 9.44 Å². The molecule has 0 saturated carbocycles. The van der Waals surface area contributed by atoms with Crippen molar-refractivity contribution >= 4 is 31.6 Å². The monoisotopic (exact) mass is 446 g/mol. The van der Waals surface area contributed by atoms with Crippen LogP contribution in [0, 0.1) is 6.92 Å². The number of sulfonamides is 2. The lowest BCUT2D eigenvalue weighted by Crippen LogP contribution is -2.15. The average molecular weight is 447 g/mol. The van der Waals surface area contributed by atoms with E-state index in [-0.39, 0.29) is 21.3 Å². The number of aryl methyl sites for hydroxylation is 2. The number of hydrogen-bond acceptors (Lipinski definition) is 6. The highest BCUT2D eigenvalue weighted by molar-refractivity contribution is 7.93. The summed E-state index contributed by atoms with van der Waals surface area (Å²) in [7, 11) is -7.65. The molecule has 0 fully saturated rings. The van der Waals surface area contributed by atoms with Crippen molar-refractivity contribution in [2.75, 3.05) is 9.44 Å². The van der Waals surface area contributed by atoms with Crippen LogP contribution in [0.15, 0.2) is 70.6 Å². The van der Waals surface area contributed by atoms with E-state index in [1.165, 1.54) is 36.5 Å². The van der Waals surface area contributed by atoms with Crippen LogP contribution in [0.2, 0.25) is 0 Å². The first-order chi connectivity index (χ1) is 14.2. The summed E-state index contributed by atoms with van der Waals surface area (Å²) in [5.41, 5.74) is 1.32. The first-order valence-corrected chi connectivity index (χ1v) is 12.2. The van der Waals surface area contributed by atoms with Gasteiger partial charge in [0, 0.05) is 11.9 Å². The van der Waals surface area contributed by atoms with E-state index in [0.717, 1.165) is 18.4 Å². The van der Waals surface area contributed by atoms with E-state index in [1.54, 1.807) is 31.2 Å². The summed E-state index contributed by atoms with van der Waals surface area (Å²) in [5.74, 6) is 0.585. The molecule has 1 aromatic heterocycles. The highest BCUT2D eigenvalue weighted by Gasteiger charge is 2.17. The summed E-state index contributed by atoms with van der Waals surface area (Å²) >= 11 is 0. The fraction of sp³-hybridized carbons (Fsp3) is 0.200. The third-order valence-corrected chi connectivity index (χ3v) is 6.97. The number of nitrogens with one attached hydrogen (secondary N) is 2. The van der Waals surface area contributed by atoms with Crippen LogP contribution in [0.4, 0.5) is 11.5 Å². The molecule has 0 radical (unpaired) electrons. The van der Waals surface area contributed by atoms with Crippen molar-refractivity contribution in [1.29, 1.82) is 0 Å². The fourth-order valence-corrected chi connectivity index (χ4v) is 4.81. The molecule has 0 saturated heterocycles. The van der Waals surface area contributed by atoms with Gasteiger partial charge in [-0.05, 0) is 61.4 Å². The number of aromatic nitrogens is 2. The van der Waals surface area contributed by atoms with Gasteiger partial charge in [-0.2, -0.15) is 0 Å². The first kappa shape index (κ1) is 21.7. The second kappa shape index (κ2) is 8.80. The Hall–Kier alpha value is -2.98. The van der Waals surface area contributed by atoms with Crippen molar-refractivity contribution in [1.82, 2.24) is 9.97 Å². The number of hydrogen-bond donors (Lipinski definition) is 2. The molecule has 0 aliphatic heterocycles. The summed E-state index contributed by atoms with van der Waals surface area (Å²) in [6.07, 6.45) is 3.31. The second-order valence-electron chi connectivity index (χ2n) is 6.62. The van der Waals surface area contributed by atoms with E-state index in [0.29, 0.717) is 5.82 Å². The predicted molar refractivity (Wildman–Crippen MR) is 115 cm³/mol. The summed E-state index contributed by atoms with van der Waals surface area (Å²) in [5, 5.41) is 0. The van der Waals surface area contributed by atoms with E-state index >= 15 is 0 Å². The predicted octanol–water partition coefficient (Wildman–Crippen LogP) is 3.34. The van der Waals surface area contributed by atoms with Gasteiger partial charge in [0.1, 0.15) is 11.6 Å². The maximum Gasteiger partial charge on any atom is 0.263 e. The molecular formula is C20H22N4O4S2. The molecule has 30 heavy (non-hydrogen) atoms. The molecule has 0 spiro atoms. The zero-order chi connectivity index (χ0) is 21.8. The van der Waals surface area contributed by atoms with Gasteiger partial charge in [-0.25, -0.2) is 26.8 Å². The summed E-state index contributed by atoms with van der Waals surface area (Å²) in [6.45, 7) is 3.70. The van der Waals surface area contributed by atoms with Gasteiger partial charge < -0.3 is 0 Å². The normalized spacial score (nSPS) is 11.8. The quantitative estimate of drug-likeness (QED) is 0.548. The number of anilines is 2. The van der Waals surface area contributed by atoms with Crippen LogP contribution in [0.3, 0.4) is 0 Å². The Morgan fingerprint density at radius 3 is 1.93 bits per heavy atom. The van der Waals surface area contributed by atoms with E-state index in [2.05, 4.69) is 26.3 Å². The molecule has 2 aromatic carbocycles. The molecule has 158 valence electrons. The van der Waals surface area contributed by atoms with Crippen molar-refractivity contribution < 1.29 is 16.8 Å². The summed E-state index contributed by atoms with van der Waals surface area (Å²) in [6, 6.07) is 13.5. The second-order valence-corrected chi connectivity index (χ2v) is 9.98. The molecular weight excluding hydrogens is 424 g/mol. The van der Waals surface area contributed by atoms with Crippen molar-refractivity contribution in [2.45, 2.75) is 36.5 Å². The van der Waals surface area contributed by atoms with E-state index < -0.39 is 20.0 Å². The Labute approximate surface area is 176 Å². The van der Waals surface area contributed by atoms with E-state index in [1.807, 2.05) is 0 Å². The lowest BCUT2D eigenvalue weighted by Gasteiger charge is -2.11. The van der Waals surface area contributed by atoms with Crippen LogP contribution >= 0.6 is 0 Å². The molecule has 0 unspecified atom stereocenters. The lowest BCUT2D eigenvalue weighted by atomic mass is 10.1. The molecule has 0 aliphatic carbocycles. The zero-order valence-corrected chi connectivity index (χ0v) is 18.2. The smallest absolute Gasteiger partial charge is 0.263 e. The van der Waals surface area contributed by atoms with Crippen LogP contribution in [0.25, 0.3) is 0 Å². The zero-order valence-electron chi connectivity index (χ0n) is 16.5. The number of benzene rings is 2. The van der Waals surface area contributed by atoms with Crippen molar-refractivity contribution in [2.24, 2.45) is 0 Å². The van der Waals surface area contributed by atoms with Crippen LogP contribution in [-0.4, -0.2) is 26.8 Å². The van der Waals surface area contributed by atoms with Crippen LogP contribution in [-0.2, 0) is 26.5 Å². The number of nitrogens with zero attached hydrogens (tertiary/aromatic N) is 2. The maximum absolute atomic E-state index is 12.6. The lowest BCUT2D eigenvalue weighted by molar-refractivity contribution is 0.600. The van der Waals surface area contributed by atoms with E-state index in [9.17, 15) is 16.8 Å². The highest BCUT2D eigenvalue weighted by Crippen LogP contribution is 2.20. The molecule has 3 rings (SSSR count). The molecule has 0 aliphatic rings. The van der Waals surface area contributed by atoms with Crippen LogP contribution in [0.1, 0.15) is 24.7 Å². The maximum atomic E-state index is 12.6. The van der Waals surface area contributed by atoms with Gasteiger partial charge in [0.05, 0.1) is 9.79 Å². The Morgan fingerprint density at radius 1 is 0.800 bits per heavy atom. The molecule has 10 heteroatoms. The minimum atomic E-state index is -3.87. The van der Waals surface area contributed by atoms with Gasteiger partial charge in [0.15, 0.2) is 0 Å². The number of rotatable bonds is 8. The Kier molecular flexibility index (Phi) is 6.37. The van der Waals surface area contributed by atoms with Crippen molar-refractivity contribution in [3.8, 4) is 0 Å². The van der Waals surface area contributed by atoms with E-state index in [4.69, 9.17) is 0 Å². The molecule has 0 amide bonds. The molecule has 1 heterocycles. The molecule has 8 nitrogen and oxygen atoms in total. The van der Waals surface area contributed by atoms with Gasteiger partial charge in [-0.3, -0.25) is 9.44 Å². The standard InChI is InChI=1S/C20H22N4O4S2/c1-3-4-16-5-9-18(10-6-16)29(25,26)23-17-7-11-19(12-8-17)30(27,28)24-20-13-14-21-15(2)22-20/h5-14,23H,3-4H2,1-2H3,(H,21,22,24). The summed E-state index contributed by atoms with van der Waals surface area (Å²) < 4.78 is 55.0. The minimum Gasteiger partial charge on any atom is -0.280 e. The molecule has 0 atom stereocenters. The minimum absolute atomic E-state index is 0.0226. The van der Waals surface area contributed by atoms with Crippen molar-refractivity contribution in [3.05, 3.63) is 72.2 Å². The molecule has 2 N–H and O–H groups in total. The highest BCUT2D eigenvalue weighted by atomic mass is 32.2.